The summed E-state index contributed by atoms with van der Waals surface area (Å²) in [5, 5.41) is 9.18. The highest BCUT2D eigenvalue weighted by Crippen LogP contribution is 2.36. The molecule has 1 aliphatic carbocycles. The fourth-order valence-electron chi connectivity index (χ4n) is 2.28. The van der Waals surface area contributed by atoms with Crippen molar-refractivity contribution in [2.45, 2.75) is 39.3 Å². The Balaban J connectivity index is 2.18. The van der Waals surface area contributed by atoms with Crippen molar-refractivity contribution in [1.82, 2.24) is 9.97 Å². The zero-order valence-corrected chi connectivity index (χ0v) is 12.0. The lowest BCUT2D eigenvalue weighted by molar-refractivity contribution is 0.202. The molecule has 1 fully saturated rings. The van der Waals surface area contributed by atoms with Crippen molar-refractivity contribution < 1.29 is 9.84 Å². The van der Waals surface area contributed by atoms with Gasteiger partial charge in [-0.1, -0.05) is 0 Å². The second-order valence-corrected chi connectivity index (χ2v) is 5.20. The van der Waals surface area contributed by atoms with Gasteiger partial charge >= 0.3 is 0 Å². The van der Waals surface area contributed by atoms with Gasteiger partial charge in [-0.2, -0.15) is 0 Å². The van der Waals surface area contributed by atoms with E-state index in [0.29, 0.717) is 12.6 Å². The summed E-state index contributed by atoms with van der Waals surface area (Å²) in [6.07, 6.45) is 4.30. The van der Waals surface area contributed by atoms with Crippen LogP contribution < -0.4 is 4.90 Å². The van der Waals surface area contributed by atoms with E-state index in [1.807, 2.05) is 6.92 Å². The maximum atomic E-state index is 9.18. The number of rotatable bonds is 7. The number of nitrogens with zero attached hydrogens (tertiary/aromatic N) is 3. The van der Waals surface area contributed by atoms with Crippen molar-refractivity contribution in [3.8, 4) is 0 Å². The zero-order valence-electron chi connectivity index (χ0n) is 12.0. The van der Waals surface area contributed by atoms with Crippen LogP contribution in [0.15, 0.2) is 6.20 Å². The van der Waals surface area contributed by atoms with Crippen LogP contribution in [0.3, 0.4) is 0 Å². The van der Waals surface area contributed by atoms with Gasteiger partial charge in [0.2, 0.25) is 5.95 Å². The smallest absolute Gasteiger partial charge is 0.225 e. The first kappa shape index (κ1) is 14.2. The van der Waals surface area contributed by atoms with Crippen LogP contribution in [-0.2, 0) is 11.3 Å². The van der Waals surface area contributed by atoms with Gasteiger partial charge in [0.15, 0.2) is 0 Å². The molecule has 1 N–H and O–H groups in total. The number of anilines is 1. The highest BCUT2D eigenvalue weighted by molar-refractivity contribution is 5.35. The van der Waals surface area contributed by atoms with Crippen LogP contribution in [0, 0.1) is 12.8 Å². The first-order chi connectivity index (χ1) is 9.17. The van der Waals surface area contributed by atoms with Gasteiger partial charge in [0, 0.05) is 37.2 Å². The molecule has 1 aromatic rings. The second kappa shape index (κ2) is 6.30. The number of hydrogen-bond donors (Lipinski definition) is 1. The van der Waals surface area contributed by atoms with Crippen LogP contribution in [0.5, 0.6) is 0 Å². The number of hydrogen-bond acceptors (Lipinski definition) is 5. The molecule has 1 unspecified atom stereocenters. The zero-order chi connectivity index (χ0) is 13.8. The molecule has 1 saturated carbocycles. The maximum absolute atomic E-state index is 9.18. The van der Waals surface area contributed by atoms with Crippen molar-refractivity contribution in [2.24, 2.45) is 5.92 Å². The lowest BCUT2D eigenvalue weighted by atomic mass is 10.2. The summed E-state index contributed by atoms with van der Waals surface area (Å²) in [7, 11) is 1.71. The summed E-state index contributed by atoms with van der Waals surface area (Å²) in [6, 6.07) is 0.439. The van der Waals surface area contributed by atoms with Gasteiger partial charge in [0.1, 0.15) is 0 Å². The summed E-state index contributed by atoms with van der Waals surface area (Å²) in [4.78, 5) is 11.1. The molecule has 0 spiro atoms. The molecule has 1 heterocycles. The number of aromatic nitrogens is 2. The molecule has 0 bridgehead atoms. The fraction of sp³-hybridized carbons (Fsp3) is 0.714. The molecule has 0 amide bonds. The largest absolute Gasteiger partial charge is 0.392 e. The average Bonchev–Trinajstić information content (AvgIpc) is 3.23. The van der Waals surface area contributed by atoms with E-state index in [9.17, 15) is 5.11 Å². The molecule has 1 aliphatic rings. The van der Waals surface area contributed by atoms with E-state index in [2.05, 4.69) is 21.8 Å². The second-order valence-electron chi connectivity index (χ2n) is 5.20. The molecule has 19 heavy (non-hydrogen) atoms. The van der Waals surface area contributed by atoms with E-state index < -0.39 is 0 Å². The predicted octanol–water partition coefficient (Wildman–Crippen LogP) is 1.53. The Morgan fingerprint density at radius 3 is 2.79 bits per heavy atom. The van der Waals surface area contributed by atoms with Crippen LogP contribution in [0.1, 0.15) is 31.0 Å². The molecule has 5 nitrogen and oxygen atoms in total. The lowest BCUT2D eigenvalue weighted by Crippen LogP contribution is -2.38. The third-order valence-corrected chi connectivity index (χ3v) is 3.83. The van der Waals surface area contributed by atoms with E-state index in [4.69, 9.17) is 4.74 Å². The Kier molecular flexibility index (Phi) is 4.71. The van der Waals surface area contributed by atoms with Crippen LogP contribution in [0.25, 0.3) is 0 Å². The van der Waals surface area contributed by atoms with Gasteiger partial charge in [-0.25, -0.2) is 9.97 Å². The number of aryl methyl sites for hydroxylation is 1. The normalized spacial score (nSPS) is 16.4. The number of methoxy groups -OCH3 is 1. The van der Waals surface area contributed by atoms with Crippen LogP contribution in [0.2, 0.25) is 0 Å². The summed E-state index contributed by atoms with van der Waals surface area (Å²) < 4.78 is 5.18. The maximum Gasteiger partial charge on any atom is 0.225 e. The third-order valence-electron chi connectivity index (χ3n) is 3.83. The lowest BCUT2D eigenvalue weighted by Gasteiger charge is -2.29. The SMILES string of the molecule is COCCN(c1ncc(CO)c(C)n1)C(C)C1CC1. The minimum absolute atomic E-state index is 0.0115. The van der Waals surface area contributed by atoms with E-state index in [1.165, 1.54) is 12.8 Å². The van der Waals surface area contributed by atoms with Crippen molar-refractivity contribution in [1.29, 1.82) is 0 Å². The van der Waals surface area contributed by atoms with Gasteiger partial charge < -0.3 is 14.7 Å². The Labute approximate surface area is 114 Å². The van der Waals surface area contributed by atoms with Crippen molar-refractivity contribution in [3.63, 3.8) is 0 Å². The Hall–Kier alpha value is -1.20. The predicted molar refractivity (Wildman–Crippen MR) is 74.1 cm³/mol. The minimum atomic E-state index is -0.0115. The molecule has 1 atom stereocenters. The quantitative estimate of drug-likeness (QED) is 0.810. The summed E-state index contributed by atoms with van der Waals surface area (Å²) in [6.45, 7) is 5.59. The summed E-state index contributed by atoms with van der Waals surface area (Å²) in [5.41, 5.74) is 1.63. The first-order valence-electron chi connectivity index (χ1n) is 6.86. The topological polar surface area (TPSA) is 58.5 Å². The summed E-state index contributed by atoms with van der Waals surface area (Å²) in [5.74, 6) is 1.49. The third kappa shape index (κ3) is 3.42. The fourth-order valence-corrected chi connectivity index (χ4v) is 2.28. The Bertz CT molecular complexity index is 421. The molecule has 106 valence electrons. The summed E-state index contributed by atoms with van der Waals surface area (Å²) >= 11 is 0. The molecule has 0 aliphatic heterocycles. The monoisotopic (exact) mass is 265 g/mol. The van der Waals surface area contributed by atoms with Gasteiger partial charge in [0.05, 0.1) is 13.2 Å². The molecular formula is C14H23N3O2. The molecule has 5 heteroatoms. The van der Waals surface area contributed by atoms with Gasteiger partial charge in [-0.3, -0.25) is 0 Å². The Morgan fingerprint density at radius 2 is 2.26 bits per heavy atom. The molecule has 2 rings (SSSR count). The first-order valence-corrected chi connectivity index (χ1v) is 6.86. The number of aliphatic hydroxyl groups is 1. The average molecular weight is 265 g/mol. The van der Waals surface area contributed by atoms with E-state index in [0.717, 1.165) is 29.7 Å². The highest BCUT2D eigenvalue weighted by Gasteiger charge is 2.33. The van der Waals surface area contributed by atoms with Crippen LogP contribution >= 0.6 is 0 Å². The van der Waals surface area contributed by atoms with Crippen molar-refractivity contribution in [2.75, 3.05) is 25.2 Å². The van der Waals surface area contributed by atoms with Gasteiger partial charge in [-0.15, -0.1) is 0 Å². The number of ether oxygens (including phenoxy) is 1. The molecule has 0 saturated heterocycles. The molecule has 1 aromatic heterocycles. The molecule has 0 radical (unpaired) electrons. The standard InChI is InChI=1S/C14H23N3O2/c1-10-13(9-18)8-15-14(16-10)17(6-7-19-3)11(2)12-4-5-12/h8,11-12,18H,4-7,9H2,1-3H3. The molecular weight excluding hydrogens is 242 g/mol. The van der Waals surface area contributed by atoms with Gasteiger partial charge in [-0.05, 0) is 32.6 Å². The van der Waals surface area contributed by atoms with E-state index >= 15 is 0 Å². The molecule has 0 aromatic carbocycles. The van der Waals surface area contributed by atoms with E-state index in [1.54, 1.807) is 13.3 Å². The van der Waals surface area contributed by atoms with Crippen LogP contribution in [-0.4, -0.2) is 41.4 Å². The van der Waals surface area contributed by atoms with E-state index in [-0.39, 0.29) is 6.61 Å². The van der Waals surface area contributed by atoms with Crippen molar-refractivity contribution >= 4 is 5.95 Å². The van der Waals surface area contributed by atoms with Gasteiger partial charge in [0.25, 0.3) is 0 Å². The number of aliphatic hydroxyl groups excluding tert-OH is 1. The highest BCUT2D eigenvalue weighted by atomic mass is 16.5. The minimum Gasteiger partial charge on any atom is -0.392 e. The van der Waals surface area contributed by atoms with Crippen molar-refractivity contribution in [3.05, 3.63) is 17.5 Å². The van der Waals surface area contributed by atoms with Crippen LogP contribution in [0.4, 0.5) is 5.95 Å². The Morgan fingerprint density at radius 1 is 1.53 bits per heavy atom.